The predicted octanol–water partition coefficient (Wildman–Crippen LogP) is 3.13. The van der Waals surface area contributed by atoms with Crippen LogP contribution in [-0.2, 0) is 10.0 Å². The molecule has 0 atom stereocenters. The largest absolute Gasteiger partial charge is 0.496 e. The minimum absolute atomic E-state index is 0.375. The van der Waals surface area contributed by atoms with E-state index in [1.54, 1.807) is 23.5 Å². The summed E-state index contributed by atoms with van der Waals surface area (Å²) in [6.07, 6.45) is 0. The molecule has 0 N–H and O–H groups in total. The highest BCUT2D eigenvalue weighted by Gasteiger charge is 2.30. The lowest BCUT2D eigenvalue weighted by molar-refractivity contribution is 0.384. The first kappa shape index (κ1) is 18.7. The molecule has 1 saturated heterocycles. The van der Waals surface area contributed by atoms with Crippen LogP contribution in [0.5, 0.6) is 5.75 Å². The number of anilines is 1. The Morgan fingerprint density at radius 3 is 2.08 bits per heavy atom. The molecule has 1 heterocycles. The number of nitrogens with zero attached hydrogens (tertiary/aromatic N) is 2. The third-order valence-electron chi connectivity index (χ3n) is 4.95. The maximum absolute atomic E-state index is 13.1. The number of aryl methyl sites for hydroxylation is 3. The fourth-order valence-electron chi connectivity index (χ4n) is 3.34. The summed E-state index contributed by atoms with van der Waals surface area (Å²) >= 11 is 0. The Labute approximate surface area is 156 Å². The van der Waals surface area contributed by atoms with E-state index < -0.39 is 10.0 Å². The summed E-state index contributed by atoms with van der Waals surface area (Å²) in [4.78, 5) is 2.61. The second-order valence-electron chi connectivity index (χ2n) is 6.81. The summed E-state index contributed by atoms with van der Waals surface area (Å²) in [5.74, 6) is 0.714. The minimum Gasteiger partial charge on any atom is -0.496 e. The van der Waals surface area contributed by atoms with E-state index in [1.807, 2.05) is 13.8 Å². The van der Waals surface area contributed by atoms with Crippen LogP contribution < -0.4 is 9.64 Å². The number of sulfonamides is 1. The summed E-state index contributed by atoms with van der Waals surface area (Å²) in [7, 11) is -1.90. The van der Waals surface area contributed by atoms with Gasteiger partial charge < -0.3 is 9.64 Å². The van der Waals surface area contributed by atoms with Gasteiger partial charge in [0.15, 0.2) is 0 Å². The van der Waals surface area contributed by atoms with Crippen molar-refractivity contribution in [3.63, 3.8) is 0 Å². The molecular formula is C20H26N2O3S. The Hall–Kier alpha value is -2.05. The molecule has 26 heavy (non-hydrogen) atoms. The van der Waals surface area contributed by atoms with Crippen molar-refractivity contribution in [3.8, 4) is 5.75 Å². The Bertz CT molecular complexity index is 884. The van der Waals surface area contributed by atoms with Crippen LogP contribution in [0.1, 0.15) is 16.7 Å². The molecule has 0 spiro atoms. The molecule has 1 fully saturated rings. The predicted molar refractivity (Wildman–Crippen MR) is 105 cm³/mol. The number of ether oxygens (including phenoxy) is 1. The smallest absolute Gasteiger partial charge is 0.243 e. The van der Waals surface area contributed by atoms with E-state index in [4.69, 9.17) is 4.74 Å². The summed E-state index contributed by atoms with van der Waals surface area (Å²) in [5, 5.41) is 0. The van der Waals surface area contributed by atoms with Crippen LogP contribution in [0.15, 0.2) is 41.3 Å². The quantitative estimate of drug-likeness (QED) is 0.825. The molecule has 0 aromatic heterocycles. The standard InChI is InChI=1S/C20H26N2O3S/c1-15-5-7-18(8-6-15)21-9-11-22(12-10-21)26(23,24)20-14-16(2)19(25-4)13-17(20)3/h5-8,13-14H,9-12H2,1-4H3. The number of rotatable bonds is 4. The zero-order chi connectivity index (χ0) is 18.9. The lowest BCUT2D eigenvalue weighted by atomic mass is 10.1. The van der Waals surface area contributed by atoms with Crippen molar-refractivity contribution in [2.24, 2.45) is 0 Å². The number of hydrogen-bond acceptors (Lipinski definition) is 4. The van der Waals surface area contributed by atoms with Gasteiger partial charge in [0.2, 0.25) is 10.0 Å². The molecule has 0 saturated carbocycles. The van der Waals surface area contributed by atoms with Crippen molar-refractivity contribution < 1.29 is 13.2 Å². The van der Waals surface area contributed by atoms with Gasteiger partial charge in [0, 0.05) is 31.9 Å². The fraction of sp³-hybridized carbons (Fsp3) is 0.400. The zero-order valence-corrected chi connectivity index (χ0v) is 16.6. The summed E-state index contributed by atoms with van der Waals surface area (Å²) < 4.78 is 33.1. The van der Waals surface area contributed by atoms with Crippen molar-refractivity contribution in [2.75, 3.05) is 38.2 Å². The second-order valence-corrected chi connectivity index (χ2v) is 8.72. The zero-order valence-electron chi connectivity index (χ0n) is 15.8. The van der Waals surface area contributed by atoms with E-state index in [2.05, 4.69) is 36.1 Å². The van der Waals surface area contributed by atoms with Crippen molar-refractivity contribution in [1.82, 2.24) is 4.31 Å². The van der Waals surface area contributed by atoms with Crippen LogP contribution in [0, 0.1) is 20.8 Å². The van der Waals surface area contributed by atoms with E-state index in [0.29, 0.717) is 42.4 Å². The topological polar surface area (TPSA) is 49.9 Å². The first-order valence-corrected chi connectivity index (χ1v) is 10.2. The van der Waals surface area contributed by atoms with Crippen molar-refractivity contribution in [3.05, 3.63) is 53.1 Å². The highest BCUT2D eigenvalue weighted by Crippen LogP contribution is 2.28. The maximum atomic E-state index is 13.1. The Morgan fingerprint density at radius 1 is 0.885 bits per heavy atom. The first-order chi connectivity index (χ1) is 12.3. The number of benzene rings is 2. The van der Waals surface area contributed by atoms with Crippen LogP contribution in [0.2, 0.25) is 0 Å². The molecule has 3 rings (SSSR count). The van der Waals surface area contributed by atoms with Gasteiger partial charge in [-0.05, 0) is 56.2 Å². The minimum atomic E-state index is -3.50. The van der Waals surface area contributed by atoms with Gasteiger partial charge in [-0.2, -0.15) is 4.31 Å². The third kappa shape index (κ3) is 3.57. The summed E-state index contributed by atoms with van der Waals surface area (Å²) in [5.41, 5.74) is 3.91. The SMILES string of the molecule is COc1cc(C)c(S(=O)(=O)N2CCN(c3ccc(C)cc3)CC2)cc1C. The Balaban J connectivity index is 1.78. The highest BCUT2D eigenvalue weighted by molar-refractivity contribution is 7.89. The maximum Gasteiger partial charge on any atom is 0.243 e. The lowest BCUT2D eigenvalue weighted by Gasteiger charge is -2.35. The molecule has 2 aromatic carbocycles. The molecule has 0 bridgehead atoms. The molecule has 0 aliphatic carbocycles. The molecule has 1 aliphatic heterocycles. The fourth-order valence-corrected chi connectivity index (χ4v) is 5.06. The van der Waals surface area contributed by atoms with Gasteiger partial charge in [0.1, 0.15) is 5.75 Å². The lowest BCUT2D eigenvalue weighted by Crippen LogP contribution is -2.48. The second kappa shape index (κ2) is 7.29. The first-order valence-electron chi connectivity index (χ1n) is 8.80. The van der Waals surface area contributed by atoms with Gasteiger partial charge in [0.05, 0.1) is 12.0 Å². The molecule has 1 aliphatic rings. The molecule has 140 valence electrons. The van der Waals surface area contributed by atoms with Crippen LogP contribution in [0.3, 0.4) is 0 Å². The molecule has 0 radical (unpaired) electrons. The van der Waals surface area contributed by atoms with E-state index >= 15 is 0 Å². The van der Waals surface area contributed by atoms with Gasteiger partial charge >= 0.3 is 0 Å². The van der Waals surface area contributed by atoms with Crippen LogP contribution >= 0.6 is 0 Å². The Kier molecular flexibility index (Phi) is 5.25. The van der Waals surface area contributed by atoms with Crippen molar-refractivity contribution in [1.29, 1.82) is 0 Å². The third-order valence-corrected chi connectivity index (χ3v) is 6.99. The van der Waals surface area contributed by atoms with E-state index in [1.165, 1.54) is 5.56 Å². The highest BCUT2D eigenvalue weighted by atomic mass is 32.2. The average molecular weight is 375 g/mol. The van der Waals surface area contributed by atoms with Crippen LogP contribution in [0.4, 0.5) is 5.69 Å². The van der Waals surface area contributed by atoms with E-state index in [-0.39, 0.29) is 0 Å². The molecular weight excluding hydrogens is 348 g/mol. The van der Waals surface area contributed by atoms with Gasteiger partial charge in [0.25, 0.3) is 0 Å². The summed E-state index contributed by atoms with van der Waals surface area (Å²) in [6, 6.07) is 11.9. The van der Waals surface area contributed by atoms with Crippen LogP contribution in [0.25, 0.3) is 0 Å². The molecule has 5 nitrogen and oxygen atoms in total. The van der Waals surface area contributed by atoms with E-state index in [0.717, 1.165) is 11.3 Å². The van der Waals surface area contributed by atoms with Crippen molar-refractivity contribution >= 4 is 15.7 Å². The van der Waals surface area contributed by atoms with Gasteiger partial charge in [-0.3, -0.25) is 0 Å². The summed E-state index contributed by atoms with van der Waals surface area (Å²) in [6.45, 7) is 8.10. The van der Waals surface area contributed by atoms with Crippen LogP contribution in [-0.4, -0.2) is 46.0 Å². The van der Waals surface area contributed by atoms with Gasteiger partial charge in [-0.15, -0.1) is 0 Å². The molecule has 0 amide bonds. The number of piperazine rings is 1. The molecule has 0 unspecified atom stereocenters. The average Bonchev–Trinajstić information content (AvgIpc) is 2.64. The number of methoxy groups -OCH3 is 1. The molecule has 2 aromatic rings. The monoisotopic (exact) mass is 374 g/mol. The van der Waals surface area contributed by atoms with Gasteiger partial charge in [-0.25, -0.2) is 8.42 Å². The van der Waals surface area contributed by atoms with Crippen molar-refractivity contribution in [2.45, 2.75) is 25.7 Å². The molecule has 6 heteroatoms. The van der Waals surface area contributed by atoms with Gasteiger partial charge in [-0.1, -0.05) is 17.7 Å². The number of hydrogen-bond donors (Lipinski definition) is 0. The normalized spacial score (nSPS) is 15.9. The Morgan fingerprint density at radius 2 is 1.50 bits per heavy atom. The van der Waals surface area contributed by atoms with E-state index in [9.17, 15) is 8.42 Å².